The van der Waals surface area contributed by atoms with Gasteiger partial charge in [0.1, 0.15) is 0 Å². The van der Waals surface area contributed by atoms with Gasteiger partial charge in [0.05, 0.1) is 12.9 Å². The molecule has 0 saturated carbocycles. The van der Waals surface area contributed by atoms with E-state index in [0.29, 0.717) is 0 Å². The van der Waals surface area contributed by atoms with Crippen molar-refractivity contribution in [3.05, 3.63) is 24.5 Å². The molecule has 0 saturated heterocycles. The summed E-state index contributed by atoms with van der Waals surface area (Å²) in [5.41, 5.74) is 1.26. The van der Waals surface area contributed by atoms with Gasteiger partial charge in [0.25, 0.3) is 0 Å². The highest BCUT2D eigenvalue weighted by atomic mass is 16.5. The molecule has 8 heavy (non-hydrogen) atoms. The molecular formula is C7H10O. The standard InChI is InChI=1S/C7H10O/c1-7-3-2-5-8-6-4-7/h2,5H,1,3-4,6H2. The van der Waals surface area contributed by atoms with Crippen LogP contribution in [0.5, 0.6) is 0 Å². The lowest BCUT2D eigenvalue weighted by Gasteiger charge is -1.95. The molecule has 0 atom stereocenters. The fraction of sp³-hybridized carbons (Fsp3) is 0.429. The lowest BCUT2D eigenvalue weighted by molar-refractivity contribution is 0.257. The van der Waals surface area contributed by atoms with Gasteiger partial charge in [0.15, 0.2) is 0 Å². The molecule has 0 aromatic carbocycles. The zero-order chi connectivity index (χ0) is 5.82. The van der Waals surface area contributed by atoms with Gasteiger partial charge in [0, 0.05) is 6.42 Å². The summed E-state index contributed by atoms with van der Waals surface area (Å²) >= 11 is 0. The Labute approximate surface area is 49.7 Å². The van der Waals surface area contributed by atoms with Crippen LogP contribution in [0.1, 0.15) is 12.8 Å². The Morgan fingerprint density at radius 3 is 3.38 bits per heavy atom. The summed E-state index contributed by atoms with van der Waals surface area (Å²) < 4.78 is 5.02. The van der Waals surface area contributed by atoms with Crippen molar-refractivity contribution in [1.82, 2.24) is 0 Å². The summed E-state index contributed by atoms with van der Waals surface area (Å²) in [5, 5.41) is 0. The summed E-state index contributed by atoms with van der Waals surface area (Å²) in [6, 6.07) is 0. The maximum Gasteiger partial charge on any atom is 0.0910 e. The first-order valence-corrected chi connectivity index (χ1v) is 2.83. The van der Waals surface area contributed by atoms with Crippen molar-refractivity contribution in [1.29, 1.82) is 0 Å². The molecule has 0 amide bonds. The van der Waals surface area contributed by atoms with Crippen LogP contribution in [0.15, 0.2) is 24.5 Å². The molecule has 0 radical (unpaired) electrons. The molecule has 1 aliphatic rings. The quantitative estimate of drug-likeness (QED) is 0.432. The Bertz CT molecular complexity index is 114. The van der Waals surface area contributed by atoms with Gasteiger partial charge in [-0.05, 0) is 12.5 Å². The van der Waals surface area contributed by atoms with Crippen molar-refractivity contribution in [3.8, 4) is 0 Å². The first kappa shape index (κ1) is 5.42. The van der Waals surface area contributed by atoms with E-state index in [2.05, 4.69) is 6.58 Å². The molecule has 1 heteroatoms. The molecule has 0 spiro atoms. The van der Waals surface area contributed by atoms with Crippen molar-refractivity contribution in [3.63, 3.8) is 0 Å². The van der Waals surface area contributed by atoms with Gasteiger partial charge in [0.2, 0.25) is 0 Å². The molecule has 1 nitrogen and oxygen atoms in total. The van der Waals surface area contributed by atoms with Crippen molar-refractivity contribution in [2.75, 3.05) is 6.61 Å². The fourth-order valence-corrected chi connectivity index (χ4v) is 0.656. The van der Waals surface area contributed by atoms with Gasteiger partial charge in [-0.25, -0.2) is 0 Å². The molecule has 0 bridgehead atoms. The van der Waals surface area contributed by atoms with Crippen LogP contribution in [-0.4, -0.2) is 6.61 Å². The third kappa shape index (κ3) is 1.41. The van der Waals surface area contributed by atoms with E-state index >= 15 is 0 Å². The molecule has 0 unspecified atom stereocenters. The van der Waals surface area contributed by atoms with Crippen LogP contribution in [0.3, 0.4) is 0 Å². The monoisotopic (exact) mass is 110 g/mol. The van der Waals surface area contributed by atoms with E-state index < -0.39 is 0 Å². The SMILES string of the molecule is C=C1CC=COCC1. The van der Waals surface area contributed by atoms with E-state index in [0.717, 1.165) is 19.4 Å². The maximum atomic E-state index is 5.02. The molecule has 44 valence electrons. The zero-order valence-electron chi connectivity index (χ0n) is 4.89. The minimum absolute atomic E-state index is 0.801. The Balaban J connectivity index is 2.41. The van der Waals surface area contributed by atoms with Crippen LogP contribution in [-0.2, 0) is 4.74 Å². The van der Waals surface area contributed by atoms with Gasteiger partial charge in [-0.3, -0.25) is 0 Å². The average Bonchev–Trinajstić information content (AvgIpc) is 1.94. The predicted molar refractivity (Wildman–Crippen MR) is 33.5 cm³/mol. The largest absolute Gasteiger partial charge is 0.501 e. The predicted octanol–water partition coefficient (Wildman–Crippen LogP) is 1.87. The number of hydrogen-bond donors (Lipinski definition) is 0. The summed E-state index contributed by atoms with van der Waals surface area (Å²) in [6.45, 7) is 4.64. The molecule has 0 fully saturated rings. The molecule has 0 N–H and O–H groups in total. The molecule has 0 aliphatic carbocycles. The zero-order valence-corrected chi connectivity index (χ0v) is 4.89. The van der Waals surface area contributed by atoms with Crippen LogP contribution in [0.25, 0.3) is 0 Å². The van der Waals surface area contributed by atoms with Crippen molar-refractivity contribution >= 4 is 0 Å². The van der Waals surface area contributed by atoms with E-state index in [4.69, 9.17) is 4.74 Å². The molecule has 1 aliphatic heterocycles. The van der Waals surface area contributed by atoms with Gasteiger partial charge in [-0.15, -0.1) is 0 Å². The Hall–Kier alpha value is -0.720. The van der Waals surface area contributed by atoms with Crippen molar-refractivity contribution in [2.45, 2.75) is 12.8 Å². The smallest absolute Gasteiger partial charge is 0.0910 e. The second-order valence-corrected chi connectivity index (χ2v) is 1.95. The molecular weight excluding hydrogens is 100 g/mol. The van der Waals surface area contributed by atoms with Gasteiger partial charge >= 0.3 is 0 Å². The number of hydrogen-bond acceptors (Lipinski definition) is 1. The van der Waals surface area contributed by atoms with Gasteiger partial charge < -0.3 is 4.74 Å². The Morgan fingerprint density at radius 2 is 2.50 bits per heavy atom. The first-order valence-electron chi connectivity index (χ1n) is 2.83. The van der Waals surface area contributed by atoms with Gasteiger partial charge in [-0.1, -0.05) is 12.2 Å². The van der Waals surface area contributed by atoms with Gasteiger partial charge in [-0.2, -0.15) is 0 Å². The number of allylic oxidation sites excluding steroid dienone is 1. The average molecular weight is 110 g/mol. The van der Waals surface area contributed by atoms with E-state index in [9.17, 15) is 0 Å². The highest BCUT2D eigenvalue weighted by Gasteiger charge is 1.94. The van der Waals surface area contributed by atoms with E-state index in [1.165, 1.54) is 5.57 Å². The lowest BCUT2D eigenvalue weighted by Crippen LogP contribution is -1.84. The minimum Gasteiger partial charge on any atom is -0.501 e. The highest BCUT2D eigenvalue weighted by molar-refractivity contribution is 5.02. The van der Waals surface area contributed by atoms with Crippen LogP contribution >= 0.6 is 0 Å². The fourth-order valence-electron chi connectivity index (χ4n) is 0.656. The van der Waals surface area contributed by atoms with Crippen molar-refractivity contribution < 1.29 is 4.74 Å². The second-order valence-electron chi connectivity index (χ2n) is 1.95. The Kier molecular flexibility index (Phi) is 1.73. The first-order chi connectivity index (χ1) is 3.89. The number of rotatable bonds is 0. The normalized spacial score (nSPS) is 19.8. The number of ether oxygens (including phenoxy) is 1. The van der Waals surface area contributed by atoms with E-state index in [1.807, 2.05) is 6.08 Å². The lowest BCUT2D eigenvalue weighted by atomic mass is 10.2. The highest BCUT2D eigenvalue weighted by Crippen LogP contribution is 2.08. The Morgan fingerprint density at radius 1 is 1.62 bits per heavy atom. The van der Waals surface area contributed by atoms with Crippen LogP contribution in [0, 0.1) is 0 Å². The van der Waals surface area contributed by atoms with Crippen LogP contribution in [0.4, 0.5) is 0 Å². The van der Waals surface area contributed by atoms with Crippen LogP contribution in [0.2, 0.25) is 0 Å². The van der Waals surface area contributed by atoms with E-state index in [1.54, 1.807) is 6.26 Å². The molecule has 0 aromatic heterocycles. The molecule has 1 rings (SSSR count). The third-order valence-corrected chi connectivity index (χ3v) is 1.17. The molecule has 1 heterocycles. The topological polar surface area (TPSA) is 9.23 Å². The minimum atomic E-state index is 0.801. The molecule has 0 aromatic rings. The van der Waals surface area contributed by atoms with E-state index in [-0.39, 0.29) is 0 Å². The summed E-state index contributed by atoms with van der Waals surface area (Å²) in [6.07, 6.45) is 5.74. The van der Waals surface area contributed by atoms with Crippen molar-refractivity contribution in [2.24, 2.45) is 0 Å². The van der Waals surface area contributed by atoms with Crippen LogP contribution < -0.4 is 0 Å². The second kappa shape index (κ2) is 2.55. The summed E-state index contributed by atoms with van der Waals surface area (Å²) in [7, 11) is 0. The maximum absolute atomic E-state index is 5.02. The third-order valence-electron chi connectivity index (χ3n) is 1.17. The summed E-state index contributed by atoms with van der Waals surface area (Å²) in [4.78, 5) is 0. The summed E-state index contributed by atoms with van der Waals surface area (Å²) in [5.74, 6) is 0.